The normalized spacial score (nSPS) is 10.5. The van der Waals surface area contributed by atoms with E-state index in [2.05, 4.69) is 41.5 Å². The molecule has 0 amide bonds. The molecule has 0 saturated heterocycles. The monoisotopic (exact) mass is 398 g/mol. The molecule has 0 aromatic rings. The van der Waals surface area contributed by atoms with E-state index in [4.69, 9.17) is 14.4 Å². The summed E-state index contributed by atoms with van der Waals surface area (Å²) in [7, 11) is -3.60. The maximum atomic E-state index is 8.74. The van der Waals surface area contributed by atoms with E-state index in [1.54, 1.807) is 36.3 Å². The van der Waals surface area contributed by atoms with Gasteiger partial charge in [0.05, 0.1) is 0 Å². The van der Waals surface area contributed by atoms with Gasteiger partial charge in [-0.15, -0.1) is 0 Å². The van der Waals surface area contributed by atoms with Crippen molar-refractivity contribution in [3.8, 4) is 0 Å². The third-order valence-electron chi connectivity index (χ3n) is 4.18. The zero-order valence-corrected chi connectivity index (χ0v) is 20.8. The zero-order valence-electron chi connectivity index (χ0n) is 17.4. The third-order valence-corrected chi connectivity index (χ3v) is 12.5. The summed E-state index contributed by atoms with van der Waals surface area (Å²) in [5.74, 6) is 0. The SMILES string of the molecule is CCC[SiH](CCC)CCC.CCC[SiH](CCC)CCC.O=[PH](O)O. The zero-order chi connectivity index (χ0) is 19.2. The van der Waals surface area contributed by atoms with Crippen LogP contribution in [0.15, 0.2) is 0 Å². The summed E-state index contributed by atoms with van der Waals surface area (Å²) in [4.78, 5) is 14.3. The lowest BCUT2D eigenvalue weighted by molar-refractivity contribution is 0.405. The first-order valence-electron chi connectivity index (χ1n) is 10.3. The van der Waals surface area contributed by atoms with Crippen LogP contribution in [-0.4, -0.2) is 27.4 Å². The summed E-state index contributed by atoms with van der Waals surface area (Å²) < 4.78 is 8.74. The molecule has 0 unspecified atom stereocenters. The van der Waals surface area contributed by atoms with E-state index in [1.807, 2.05) is 0 Å². The van der Waals surface area contributed by atoms with E-state index in [0.717, 1.165) is 0 Å². The van der Waals surface area contributed by atoms with Crippen molar-refractivity contribution in [2.75, 3.05) is 0 Å². The molecule has 0 rings (SSSR count). The van der Waals surface area contributed by atoms with E-state index >= 15 is 0 Å². The van der Waals surface area contributed by atoms with Gasteiger partial charge < -0.3 is 9.79 Å². The molecule has 3 nitrogen and oxygen atoms in total. The molecule has 0 bridgehead atoms. The average molecular weight is 399 g/mol. The van der Waals surface area contributed by atoms with E-state index in [1.165, 1.54) is 38.5 Å². The van der Waals surface area contributed by atoms with Crippen LogP contribution in [0.1, 0.15) is 80.1 Å². The van der Waals surface area contributed by atoms with Crippen molar-refractivity contribution in [3.05, 3.63) is 0 Å². The third kappa shape index (κ3) is 30.5. The Morgan fingerprint density at radius 3 is 0.750 bits per heavy atom. The molecular weight excluding hydrogens is 351 g/mol. The second-order valence-corrected chi connectivity index (χ2v) is 14.2. The quantitative estimate of drug-likeness (QED) is 0.302. The lowest BCUT2D eigenvalue weighted by atomic mass is 10.6. The highest BCUT2D eigenvalue weighted by Gasteiger charge is 2.06. The Balaban J connectivity index is -0.000000301. The number of hydrogen-bond donors (Lipinski definition) is 2. The second-order valence-electron chi connectivity index (χ2n) is 6.75. The van der Waals surface area contributed by atoms with Crippen LogP contribution >= 0.6 is 8.25 Å². The van der Waals surface area contributed by atoms with Crippen LogP contribution in [-0.2, 0) is 4.57 Å². The van der Waals surface area contributed by atoms with Crippen molar-refractivity contribution >= 4 is 25.8 Å². The molecule has 0 atom stereocenters. The van der Waals surface area contributed by atoms with E-state index in [0.29, 0.717) is 0 Å². The molecule has 150 valence electrons. The van der Waals surface area contributed by atoms with Gasteiger partial charge in [0.15, 0.2) is 0 Å². The van der Waals surface area contributed by atoms with Crippen molar-refractivity contribution in [2.24, 2.45) is 0 Å². The first-order chi connectivity index (χ1) is 11.4. The molecule has 0 aromatic carbocycles. The van der Waals surface area contributed by atoms with Gasteiger partial charge in [0, 0.05) is 17.6 Å². The molecule has 0 spiro atoms. The standard InChI is InChI=1S/2C9H22Si.H3O3P/c2*1-4-7-10(8-5-2)9-6-3;1-4(2)3/h2*10H,4-9H2,1-3H3;4H,(H2,1,2,3). The highest BCUT2D eigenvalue weighted by atomic mass is 31.1. The summed E-state index contributed by atoms with van der Waals surface area (Å²) in [5.41, 5.74) is 0. The van der Waals surface area contributed by atoms with Crippen molar-refractivity contribution < 1.29 is 14.4 Å². The maximum absolute atomic E-state index is 8.74. The number of hydrogen-bond acceptors (Lipinski definition) is 1. The summed E-state index contributed by atoms with van der Waals surface area (Å²) in [6, 6.07) is 9.51. The van der Waals surface area contributed by atoms with Crippen LogP contribution in [0, 0.1) is 0 Å². The molecule has 0 aliphatic carbocycles. The topological polar surface area (TPSA) is 57.5 Å². The van der Waals surface area contributed by atoms with Crippen LogP contribution in [0.3, 0.4) is 0 Å². The summed E-state index contributed by atoms with van der Waals surface area (Å²) in [5, 5.41) is 0. The van der Waals surface area contributed by atoms with Crippen molar-refractivity contribution in [1.29, 1.82) is 0 Å². The predicted octanol–water partition coefficient (Wildman–Crippen LogP) is 6.25. The summed E-state index contributed by atoms with van der Waals surface area (Å²) in [6.07, 6.45) is 8.56. The molecule has 0 heterocycles. The van der Waals surface area contributed by atoms with Crippen LogP contribution < -0.4 is 0 Å². The van der Waals surface area contributed by atoms with Gasteiger partial charge in [-0.05, 0) is 0 Å². The minimum atomic E-state index is -3.13. The molecule has 24 heavy (non-hydrogen) atoms. The average Bonchev–Trinajstić information content (AvgIpc) is 2.49. The maximum Gasteiger partial charge on any atom is 0.314 e. The fourth-order valence-electron chi connectivity index (χ4n) is 3.32. The Kier molecular flexibility index (Phi) is 31.6. The number of rotatable bonds is 12. The van der Waals surface area contributed by atoms with Gasteiger partial charge in [-0.25, -0.2) is 0 Å². The predicted molar refractivity (Wildman–Crippen MR) is 118 cm³/mol. The molecule has 6 heteroatoms. The molecule has 0 fully saturated rings. The van der Waals surface area contributed by atoms with Crippen molar-refractivity contribution in [1.82, 2.24) is 0 Å². The van der Waals surface area contributed by atoms with Gasteiger partial charge in [0.2, 0.25) is 0 Å². The molecule has 0 saturated carbocycles. The Bertz CT molecular complexity index is 194. The molecular formula is C18H47O3PSi2. The van der Waals surface area contributed by atoms with Crippen LogP contribution in [0.5, 0.6) is 0 Å². The first-order valence-corrected chi connectivity index (χ1v) is 16.5. The van der Waals surface area contributed by atoms with Crippen LogP contribution in [0.25, 0.3) is 0 Å². The first kappa shape index (κ1) is 29.4. The smallest absolute Gasteiger partial charge is 0.314 e. The van der Waals surface area contributed by atoms with Crippen LogP contribution in [0.4, 0.5) is 0 Å². The minimum Gasteiger partial charge on any atom is -0.326 e. The van der Waals surface area contributed by atoms with Crippen LogP contribution in [0.2, 0.25) is 36.3 Å². The molecule has 0 aromatic heterocycles. The van der Waals surface area contributed by atoms with E-state index in [9.17, 15) is 0 Å². The fourth-order valence-corrected chi connectivity index (χ4v) is 9.95. The molecule has 0 aliphatic rings. The fraction of sp³-hybridized carbons (Fsp3) is 1.00. The van der Waals surface area contributed by atoms with Gasteiger partial charge in [0.1, 0.15) is 0 Å². The summed E-state index contributed by atoms with van der Waals surface area (Å²) >= 11 is 0. The Hall–Kier alpha value is 0.584. The minimum absolute atomic E-state index is 0.234. The van der Waals surface area contributed by atoms with E-state index in [-0.39, 0.29) is 17.6 Å². The van der Waals surface area contributed by atoms with Gasteiger partial charge >= 0.3 is 8.25 Å². The highest BCUT2D eigenvalue weighted by molar-refractivity contribution is 7.30. The van der Waals surface area contributed by atoms with Gasteiger partial charge in [-0.1, -0.05) is 116 Å². The Morgan fingerprint density at radius 2 is 0.667 bits per heavy atom. The lowest BCUT2D eigenvalue weighted by Gasteiger charge is -2.10. The molecule has 2 N–H and O–H groups in total. The lowest BCUT2D eigenvalue weighted by Crippen LogP contribution is -2.09. The van der Waals surface area contributed by atoms with E-state index < -0.39 is 8.25 Å². The van der Waals surface area contributed by atoms with Crippen molar-refractivity contribution in [3.63, 3.8) is 0 Å². The van der Waals surface area contributed by atoms with Gasteiger partial charge in [-0.3, -0.25) is 4.57 Å². The highest BCUT2D eigenvalue weighted by Crippen LogP contribution is 2.12. The second kappa shape index (κ2) is 25.8. The Labute approximate surface area is 156 Å². The Morgan fingerprint density at radius 1 is 0.542 bits per heavy atom. The largest absolute Gasteiger partial charge is 0.326 e. The van der Waals surface area contributed by atoms with Gasteiger partial charge in [0.25, 0.3) is 0 Å². The molecule has 0 aliphatic heterocycles. The summed E-state index contributed by atoms with van der Waals surface area (Å²) in [6.45, 7) is 13.9. The van der Waals surface area contributed by atoms with Crippen molar-refractivity contribution in [2.45, 2.75) is 116 Å². The molecule has 0 radical (unpaired) electrons. The van der Waals surface area contributed by atoms with Gasteiger partial charge in [-0.2, -0.15) is 0 Å².